The molecule has 2 saturated heterocycles. The zero-order valence-electron chi connectivity index (χ0n) is 24.4. The van der Waals surface area contributed by atoms with E-state index in [1.165, 1.54) is 0 Å². The summed E-state index contributed by atoms with van der Waals surface area (Å²) in [6.07, 6.45) is 1.74. The number of benzene rings is 2. The summed E-state index contributed by atoms with van der Waals surface area (Å²) in [7, 11) is 4.93. The molecule has 2 aromatic carbocycles. The summed E-state index contributed by atoms with van der Waals surface area (Å²) in [6.45, 7) is 0.492. The first kappa shape index (κ1) is 28.5. The van der Waals surface area contributed by atoms with Gasteiger partial charge in [-0.2, -0.15) is 5.26 Å². The molecule has 0 aromatic heterocycles. The van der Waals surface area contributed by atoms with E-state index in [2.05, 4.69) is 27.0 Å². The molecular weight excluding hydrogens is 550 g/mol. The summed E-state index contributed by atoms with van der Waals surface area (Å²) < 4.78 is -0.291. The first-order chi connectivity index (χ1) is 20.7. The average molecular weight is 585 g/mol. The number of quaternary nitrogens is 1. The van der Waals surface area contributed by atoms with Crippen molar-refractivity contribution in [3.05, 3.63) is 69.8 Å². The highest BCUT2D eigenvalue weighted by Crippen LogP contribution is 2.53. The fourth-order valence-corrected chi connectivity index (χ4v) is 7.29. The molecule has 2 aromatic rings. The molecule has 3 atom stereocenters. The van der Waals surface area contributed by atoms with Crippen molar-refractivity contribution in [1.82, 2.24) is 20.9 Å². The molecule has 222 valence electrons. The van der Waals surface area contributed by atoms with Crippen LogP contribution in [0.3, 0.4) is 0 Å². The Morgan fingerprint density at radius 3 is 2.23 bits per heavy atom. The van der Waals surface area contributed by atoms with Gasteiger partial charge in [0.05, 0.1) is 12.6 Å². The molecule has 1 unspecified atom stereocenters. The lowest BCUT2D eigenvalue weighted by atomic mass is 9.70. The number of rotatable bonds is 5. The summed E-state index contributed by atoms with van der Waals surface area (Å²) >= 11 is 0. The van der Waals surface area contributed by atoms with Gasteiger partial charge in [-0.1, -0.05) is 16.8 Å². The molecule has 4 amide bonds. The van der Waals surface area contributed by atoms with Crippen LogP contribution in [-0.2, 0) is 27.9 Å². The van der Waals surface area contributed by atoms with E-state index in [0.717, 1.165) is 28.7 Å². The molecule has 1 aliphatic carbocycles. The van der Waals surface area contributed by atoms with Gasteiger partial charge < -0.3 is 15.5 Å². The molecule has 3 aliphatic heterocycles. The topological polar surface area (TPSA) is 153 Å². The van der Waals surface area contributed by atoms with Crippen molar-refractivity contribution < 1.29 is 28.7 Å². The van der Waals surface area contributed by atoms with Crippen molar-refractivity contribution in [1.29, 1.82) is 5.26 Å². The van der Waals surface area contributed by atoms with Crippen LogP contribution in [-0.4, -0.2) is 85.6 Å². The molecule has 43 heavy (non-hydrogen) atoms. The lowest BCUT2D eigenvalue weighted by molar-refractivity contribution is -1.01. The van der Waals surface area contributed by atoms with Crippen LogP contribution in [0.5, 0.6) is 0 Å². The molecule has 0 bridgehead atoms. The molecule has 12 heteroatoms. The third-order valence-electron chi connectivity index (χ3n) is 9.34. The van der Waals surface area contributed by atoms with E-state index in [0.29, 0.717) is 49.2 Å². The second-order valence-electron chi connectivity index (χ2n) is 11.6. The van der Waals surface area contributed by atoms with Gasteiger partial charge in [0.1, 0.15) is 18.5 Å². The first-order valence-electron chi connectivity index (χ1n) is 14.5. The molecule has 2 fully saturated rings. The number of aliphatic imine (C=N–C) groups is 1. The van der Waals surface area contributed by atoms with Gasteiger partial charge in [0, 0.05) is 38.2 Å². The van der Waals surface area contributed by atoms with E-state index in [4.69, 9.17) is 4.84 Å². The highest BCUT2D eigenvalue weighted by atomic mass is 16.8. The van der Waals surface area contributed by atoms with Crippen molar-refractivity contribution in [3.8, 4) is 6.07 Å². The maximum absolute atomic E-state index is 13.2. The number of nitrogens with zero attached hydrogens (tertiary/aromatic N) is 4. The third kappa shape index (κ3) is 4.38. The number of nitriles is 1. The zero-order chi connectivity index (χ0) is 30.5. The molecule has 3 heterocycles. The Morgan fingerprint density at radius 2 is 1.67 bits per heavy atom. The van der Waals surface area contributed by atoms with Crippen molar-refractivity contribution >= 4 is 29.7 Å². The average Bonchev–Trinajstić information content (AvgIpc) is 3.66. The highest BCUT2D eigenvalue weighted by Gasteiger charge is 2.68. The normalized spacial score (nSPS) is 24.7. The minimum atomic E-state index is -0.950. The minimum absolute atomic E-state index is 0.0392. The lowest BCUT2D eigenvalue weighted by Crippen LogP contribution is -2.57. The number of amides is 4. The predicted molar refractivity (Wildman–Crippen MR) is 155 cm³/mol. The van der Waals surface area contributed by atoms with Crippen molar-refractivity contribution in [2.75, 3.05) is 34.2 Å². The standard InChI is InChI=1S/C31H33N7O5/c1-33-27(40)20-8-10-23-18(13-20)6-7-19-14-21(28(41)34-2)9-11-24(19)31(23)15-25(38(3)29(31)36-30(42)43-38)35-17-26(39)37-12-4-5-22(37)16-32/h8-11,13-14,22,25,35H,4-7,12,15,17H2,1-3H3,(H-,33,34,40,41)/p+1/t22-,25+,38?/m0/s1. The third-order valence-corrected chi connectivity index (χ3v) is 9.34. The van der Waals surface area contributed by atoms with Gasteiger partial charge in [-0.25, -0.2) is 9.63 Å². The second-order valence-corrected chi connectivity index (χ2v) is 11.6. The summed E-state index contributed by atoms with van der Waals surface area (Å²) in [5, 5.41) is 18.2. The summed E-state index contributed by atoms with van der Waals surface area (Å²) in [4.78, 5) is 63.2. The Morgan fingerprint density at radius 1 is 1.07 bits per heavy atom. The van der Waals surface area contributed by atoms with Crippen LogP contribution >= 0.6 is 0 Å². The smallest absolute Gasteiger partial charge is 0.355 e. The van der Waals surface area contributed by atoms with Crippen molar-refractivity contribution in [2.45, 2.75) is 49.7 Å². The number of nitrogens with one attached hydrogen (secondary N) is 3. The van der Waals surface area contributed by atoms with Crippen LogP contribution in [0.1, 0.15) is 62.2 Å². The maximum Gasteiger partial charge on any atom is 0.492 e. The molecule has 1 spiro atoms. The Balaban J connectivity index is 1.48. The van der Waals surface area contributed by atoms with Gasteiger partial charge in [-0.05, 0) is 72.2 Å². The van der Waals surface area contributed by atoms with Gasteiger partial charge in [0.25, 0.3) is 17.6 Å². The number of aryl methyl sites for hydroxylation is 2. The summed E-state index contributed by atoms with van der Waals surface area (Å²) in [5.74, 6) is -0.129. The number of carbonyl (C=O) groups is 4. The van der Waals surface area contributed by atoms with E-state index >= 15 is 0 Å². The van der Waals surface area contributed by atoms with Crippen LogP contribution in [0.25, 0.3) is 0 Å². The van der Waals surface area contributed by atoms with Crippen LogP contribution in [0.4, 0.5) is 4.79 Å². The van der Waals surface area contributed by atoms with Gasteiger partial charge in [0.2, 0.25) is 5.91 Å². The summed E-state index contributed by atoms with van der Waals surface area (Å²) in [6, 6.07) is 12.9. The van der Waals surface area contributed by atoms with Gasteiger partial charge in [-0.3, -0.25) is 19.7 Å². The second kappa shape index (κ2) is 10.6. The van der Waals surface area contributed by atoms with Crippen LogP contribution in [0.2, 0.25) is 0 Å². The fourth-order valence-electron chi connectivity index (χ4n) is 7.29. The fraction of sp³-hybridized carbons (Fsp3) is 0.419. The largest absolute Gasteiger partial charge is 0.492 e. The molecule has 0 radical (unpaired) electrons. The van der Waals surface area contributed by atoms with E-state index in [9.17, 15) is 24.4 Å². The monoisotopic (exact) mass is 584 g/mol. The molecule has 6 rings (SSSR count). The van der Waals surface area contributed by atoms with Crippen molar-refractivity contribution in [2.24, 2.45) is 4.99 Å². The predicted octanol–water partition coefficient (Wildman–Crippen LogP) is 1.53. The number of fused-ring (bicyclic) bond motifs is 6. The van der Waals surface area contributed by atoms with Crippen LogP contribution in [0.15, 0.2) is 41.4 Å². The molecule has 3 N–H and O–H groups in total. The van der Waals surface area contributed by atoms with Gasteiger partial charge in [-0.15, -0.1) is 4.99 Å². The lowest BCUT2D eigenvalue weighted by Gasteiger charge is -2.30. The number of hydrogen-bond acceptors (Lipinski definition) is 7. The number of likely N-dealkylation sites (tertiary alicyclic amines) is 1. The van der Waals surface area contributed by atoms with Gasteiger partial charge in [0.15, 0.2) is 6.17 Å². The minimum Gasteiger partial charge on any atom is -0.355 e. The van der Waals surface area contributed by atoms with E-state index in [1.807, 2.05) is 24.3 Å². The quantitative estimate of drug-likeness (QED) is 0.451. The number of hydroxylamine groups is 3. The zero-order valence-corrected chi connectivity index (χ0v) is 24.4. The number of likely N-dealkylation sites (N-methyl/N-ethyl adjacent to an activating group) is 1. The van der Waals surface area contributed by atoms with Crippen LogP contribution < -0.4 is 16.0 Å². The first-order valence-corrected chi connectivity index (χ1v) is 14.5. The molecule has 0 saturated carbocycles. The Bertz CT molecular complexity index is 1560. The SMILES string of the molecule is CNC(=O)c1ccc2c(c1)CCc1cc(C(=O)NC)ccc1C21C[C@H](NCC(=O)N2CCC[C@H]2C#N)[N+]2(C)OC(=O)N=C12. The maximum atomic E-state index is 13.2. The van der Waals surface area contributed by atoms with Crippen LogP contribution in [0, 0.1) is 11.3 Å². The number of hydrogen-bond donors (Lipinski definition) is 3. The highest BCUT2D eigenvalue weighted by molar-refractivity contribution is 6.03. The van der Waals surface area contributed by atoms with E-state index in [1.54, 1.807) is 38.2 Å². The Hall–Kier alpha value is -4.60. The molecule has 12 nitrogen and oxygen atoms in total. The molecular formula is C31H34N7O5+. The van der Waals surface area contributed by atoms with Gasteiger partial charge >= 0.3 is 6.09 Å². The summed E-state index contributed by atoms with van der Waals surface area (Å²) in [5.41, 5.74) is 3.73. The van der Waals surface area contributed by atoms with E-state index < -0.39 is 23.7 Å². The Labute approximate surface area is 249 Å². The van der Waals surface area contributed by atoms with Crippen molar-refractivity contribution in [3.63, 3.8) is 0 Å². The molecule has 4 aliphatic rings. The Kier molecular flexibility index (Phi) is 7.02. The number of carbonyl (C=O) groups excluding carboxylic acids is 4. The van der Waals surface area contributed by atoms with E-state index in [-0.39, 0.29) is 28.9 Å². The number of amidine groups is 1.